The zero-order chi connectivity index (χ0) is 23.6. The molecule has 0 saturated carbocycles. The second kappa shape index (κ2) is 8.99. The normalized spacial score (nSPS) is 11.4. The van der Waals surface area contributed by atoms with Crippen LogP contribution in [-0.4, -0.2) is 15.7 Å². The number of halogens is 3. The molecule has 33 heavy (non-hydrogen) atoms. The van der Waals surface area contributed by atoms with Crippen molar-refractivity contribution < 1.29 is 18.0 Å². The predicted octanol–water partition coefficient (Wildman–Crippen LogP) is 5.32. The van der Waals surface area contributed by atoms with Gasteiger partial charge in [-0.05, 0) is 54.4 Å². The Morgan fingerprint density at radius 1 is 0.939 bits per heavy atom. The summed E-state index contributed by atoms with van der Waals surface area (Å²) in [5, 5.41) is 7.69. The monoisotopic (exact) mass is 470 g/mol. The van der Waals surface area contributed by atoms with E-state index in [0.717, 1.165) is 28.8 Å². The molecular weight excluding hydrogens is 453 g/mol. The number of nitrogens with zero attached hydrogens (tertiary/aromatic N) is 2. The van der Waals surface area contributed by atoms with Crippen LogP contribution in [0.2, 0.25) is 0 Å². The minimum Gasteiger partial charge on any atom is -0.326 e. The van der Waals surface area contributed by atoms with Crippen LogP contribution in [0.1, 0.15) is 16.1 Å². The smallest absolute Gasteiger partial charge is 0.326 e. The summed E-state index contributed by atoms with van der Waals surface area (Å²) in [6.45, 7) is 0. The summed E-state index contributed by atoms with van der Waals surface area (Å²) in [4.78, 5) is 25.8. The van der Waals surface area contributed by atoms with Gasteiger partial charge in [-0.2, -0.15) is 18.3 Å². The molecule has 0 atom stereocenters. The van der Waals surface area contributed by atoms with Crippen molar-refractivity contribution in [2.45, 2.75) is 11.1 Å². The number of hydrogen-bond donors (Lipinski definition) is 2. The predicted molar refractivity (Wildman–Crippen MR) is 122 cm³/mol. The van der Waals surface area contributed by atoms with Gasteiger partial charge in [0.05, 0.1) is 10.9 Å². The van der Waals surface area contributed by atoms with Gasteiger partial charge >= 0.3 is 6.18 Å². The summed E-state index contributed by atoms with van der Waals surface area (Å²) in [5.41, 5.74) is -0.180. The van der Waals surface area contributed by atoms with Gasteiger partial charge in [0.1, 0.15) is 0 Å². The molecular formula is C23H17F3N4O2S. The number of fused-ring (bicyclic) bond motifs is 1. The summed E-state index contributed by atoms with van der Waals surface area (Å²) in [7, 11) is 1.47. The van der Waals surface area contributed by atoms with Crippen LogP contribution < -0.4 is 15.6 Å². The lowest BCUT2D eigenvalue weighted by atomic mass is 10.1. The van der Waals surface area contributed by atoms with Gasteiger partial charge in [0.25, 0.3) is 11.5 Å². The molecule has 4 rings (SSSR count). The Hall–Kier alpha value is -3.79. The Bertz CT molecular complexity index is 1400. The fourth-order valence-corrected chi connectivity index (χ4v) is 3.87. The van der Waals surface area contributed by atoms with Gasteiger partial charge in [-0.25, -0.2) is 4.68 Å². The van der Waals surface area contributed by atoms with Crippen molar-refractivity contribution in [3.8, 4) is 0 Å². The van der Waals surface area contributed by atoms with Crippen LogP contribution in [-0.2, 0) is 13.2 Å². The molecule has 0 radical (unpaired) electrons. The fourth-order valence-electron chi connectivity index (χ4n) is 3.17. The third-order valence-electron chi connectivity index (χ3n) is 4.74. The lowest BCUT2D eigenvalue weighted by molar-refractivity contribution is -0.137. The van der Waals surface area contributed by atoms with E-state index in [1.807, 2.05) is 0 Å². The molecule has 0 aliphatic carbocycles. The first kappa shape index (κ1) is 22.4. The number of nitrogens with one attached hydrogen (secondary N) is 2. The summed E-state index contributed by atoms with van der Waals surface area (Å²) in [5.74, 6) is -0.491. The fraction of sp³-hybridized carbons (Fsp3) is 0.0870. The van der Waals surface area contributed by atoms with E-state index >= 15 is 0 Å². The highest BCUT2D eigenvalue weighted by molar-refractivity contribution is 8.00. The first-order valence-electron chi connectivity index (χ1n) is 9.70. The number of amides is 1. The molecule has 1 aromatic heterocycles. The maximum absolute atomic E-state index is 12.9. The van der Waals surface area contributed by atoms with Crippen molar-refractivity contribution in [2.24, 2.45) is 7.05 Å². The van der Waals surface area contributed by atoms with Gasteiger partial charge in [0, 0.05) is 28.7 Å². The van der Waals surface area contributed by atoms with Crippen LogP contribution in [0, 0.1) is 0 Å². The van der Waals surface area contributed by atoms with Crippen molar-refractivity contribution in [3.63, 3.8) is 0 Å². The van der Waals surface area contributed by atoms with Gasteiger partial charge in [0.2, 0.25) is 0 Å². The second-order valence-electron chi connectivity index (χ2n) is 7.09. The Morgan fingerprint density at radius 2 is 1.64 bits per heavy atom. The molecule has 0 saturated heterocycles. The Morgan fingerprint density at radius 3 is 2.39 bits per heavy atom. The van der Waals surface area contributed by atoms with Crippen LogP contribution in [0.25, 0.3) is 10.8 Å². The first-order valence-corrected chi connectivity index (χ1v) is 10.5. The molecule has 10 heteroatoms. The third kappa shape index (κ3) is 5.01. The molecule has 1 amide bonds. The lowest BCUT2D eigenvalue weighted by Gasteiger charge is -2.11. The topological polar surface area (TPSA) is 76.0 Å². The highest BCUT2D eigenvalue weighted by Crippen LogP contribution is 2.32. The number of rotatable bonds is 5. The molecule has 1 heterocycles. The molecule has 6 nitrogen and oxygen atoms in total. The minimum atomic E-state index is -4.42. The van der Waals surface area contributed by atoms with Crippen LogP contribution in [0.4, 0.5) is 24.5 Å². The van der Waals surface area contributed by atoms with Crippen molar-refractivity contribution in [2.75, 3.05) is 10.0 Å². The number of carbonyl (C=O) groups excluding carboxylic acids is 1. The summed E-state index contributed by atoms with van der Waals surface area (Å²) < 4.78 is 42.7. The average molecular weight is 470 g/mol. The molecule has 0 unspecified atom stereocenters. The molecule has 0 aliphatic rings. The van der Waals surface area contributed by atoms with Gasteiger partial charge in [-0.1, -0.05) is 30.3 Å². The van der Waals surface area contributed by atoms with Crippen molar-refractivity contribution >= 4 is 40.0 Å². The Kier molecular flexibility index (Phi) is 6.10. The molecule has 3 aromatic carbocycles. The maximum atomic E-state index is 12.9. The highest BCUT2D eigenvalue weighted by atomic mass is 32.2. The highest BCUT2D eigenvalue weighted by Gasteiger charge is 2.30. The number of alkyl halides is 3. The van der Waals surface area contributed by atoms with Crippen LogP contribution in [0.3, 0.4) is 0 Å². The number of aromatic nitrogens is 2. The first-order chi connectivity index (χ1) is 15.7. The summed E-state index contributed by atoms with van der Waals surface area (Å²) >= 11 is 1.11. The van der Waals surface area contributed by atoms with Crippen LogP contribution in [0.15, 0.2) is 82.5 Å². The zero-order valence-electron chi connectivity index (χ0n) is 17.2. The second-order valence-corrected chi connectivity index (χ2v) is 7.97. The van der Waals surface area contributed by atoms with E-state index in [4.69, 9.17) is 0 Å². The van der Waals surface area contributed by atoms with E-state index in [1.165, 1.54) is 19.2 Å². The van der Waals surface area contributed by atoms with E-state index in [2.05, 4.69) is 15.1 Å². The third-order valence-corrected chi connectivity index (χ3v) is 5.57. The lowest BCUT2D eigenvalue weighted by Crippen LogP contribution is -2.25. The molecule has 2 N–H and O–H groups in total. The van der Waals surface area contributed by atoms with Gasteiger partial charge in [-0.15, -0.1) is 0 Å². The number of aryl methyl sites for hydroxylation is 1. The minimum absolute atomic E-state index is 0.104. The Labute approximate surface area is 190 Å². The van der Waals surface area contributed by atoms with Crippen molar-refractivity contribution in [3.05, 3.63) is 94.4 Å². The van der Waals surface area contributed by atoms with Gasteiger partial charge in [0.15, 0.2) is 5.69 Å². The molecule has 168 valence electrons. The molecule has 0 fully saturated rings. The van der Waals surface area contributed by atoms with Gasteiger partial charge < -0.3 is 10.0 Å². The Balaban J connectivity index is 1.51. The van der Waals surface area contributed by atoms with E-state index < -0.39 is 17.6 Å². The van der Waals surface area contributed by atoms with Gasteiger partial charge in [-0.3, -0.25) is 9.59 Å². The summed E-state index contributed by atoms with van der Waals surface area (Å²) in [6.07, 6.45) is -4.42. The molecule has 0 spiro atoms. The summed E-state index contributed by atoms with van der Waals surface area (Å²) in [6, 6.07) is 18.4. The van der Waals surface area contributed by atoms with Crippen molar-refractivity contribution in [1.82, 2.24) is 9.78 Å². The quantitative estimate of drug-likeness (QED) is 0.386. The van der Waals surface area contributed by atoms with Crippen molar-refractivity contribution in [1.29, 1.82) is 0 Å². The number of benzene rings is 3. The van der Waals surface area contributed by atoms with Crippen LogP contribution >= 0.6 is 11.9 Å². The van der Waals surface area contributed by atoms with Crippen LogP contribution in [0.5, 0.6) is 0 Å². The number of carbonyl (C=O) groups is 1. The SMILES string of the molecule is Cn1nc(C(=O)Nc2cccc(SNc3cccc(C(F)(F)F)c3)c2)c2ccccc2c1=O. The van der Waals surface area contributed by atoms with E-state index in [9.17, 15) is 22.8 Å². The van der Waals surface area contributed by atoms with E-state index in [0.29, 0.717) is 27.0 Å². The maximum Gasteiger partial charge on any atom is 0.416 e. The van der Waals surface area contributed by atoms with E-state index in [1.54, 1.807) is 48.5 Å². The molecule has 4 aromatic rings. The largest absolute Gasteiger partial charge is 0.416 e. The number of anilines is 2. The average Bonchev–Trinajstić information content (AvgIpc) is 2.80. The van der Waals surface area contributed by atoms with E-state index in [-0.39, 0.29) is 11.3 Å². The zero-order valence-corrected chi connectivity index (χ0v) is 18.0. The standard InChI is InChI=1S/C23H17F3N4O2S/c1-30-22(32)19-11-3-2-10-18(19)20(28-30)21(31)27-15-7-5-9-17(13-15)33-29-16-8-4-6-14(12-16)23(24,25)26/h2-13,29H,1H3,(H,27,31). The molecule has 0 bridgehead atoms. The molecule has 0 aliphatic heterocycles. The number of hydrogen-bond acceptors (Lipinski definition) is 5.